The van der Waals surface area contributed by atoms with Crippen LogP contribution < -0.4 is 10.6 Å². The van der Waals surface area contributed by atoms with E-state index in [1.807, 2.05) is 13.8 Å². The highest BCUT2D eigenvalue weighted by molar-refractivity contribution is 6.33. The minimum absolute atomic E-state index is 0.153. The van der Waals surface area contributed by atoms with Gasteiger partial charge in [0.05, 0.1) is 23.2 Å². The molecule has 0 aliphatic carbocycles. The quantitative estimate of drug-likeness (QED) is 0.683. The fraction of sp³-hybridized carbons (Fsp3) is 0.500. The fourth-order valence-electron chi connectivity index (χ4n) is 2.18. The molecule has 22 heavy (non-hydrogen) atoms. The normalized spacial score (nSPS) is 12.0. The van der Waals surface area contributed by atoms with Gasteiger partial charge in [0.2, 0.25) is 5.91 Å². The van der Waals surface area contributed by atoms with Crippen molar-refractivity contribution in [2.45, 2.75) is 32.8 Å². The molecule has 3 N–H and O–H groups in total. The molecule has 1 atom stereocenters. The van der Waals surface area contributed by atoms with Crippen molar-refractivity contribution in [2.75, 3.05) is 13.1 Å². The summed E-state index contributed by atoms with van der Waals surface area (Å²) in [6, 6.07) is 6.63. The van der Waals surface area contributed by atoms with Crippen molar-refractivity contribution >= 4 is 23.4 Å². The molecule has 0 aromatic heterocycles. The summed E-state index contributed by atoms with van der Waals surface area (Å²) >= 11 is 5.91. The summed E-state index contributed by atoms with van der Waals surface area (Å²) in [4.78, 5) is 23.6. The summed E-state index contributed by atoms with van der Waals surface area (Å²) in [7, 11) is 0. The Balaban J connectivity index is 2.37. The minimum Gasteiger partial charge on any atom is -0.391 e. The van der Waals surface area contributed by atoms with E-state index in [4.69, 9.17) is 11.6 Å². The monoisotopic (exact) mass is 326 g/mol. The van der Waals surface area contributed by atoms with Gasteiger partial charge in [-0.1, -0.05) is 50.4 Å². The van der Waals surface area contributed by atoms with E-state index in [0.29, 0.717) is 10.6 Å². The van der Waals surface area contributed by atoms with Crippen LogP contribution in [0.2, 0.25) is 5.02 Å². The molecule has 2 amide bonds. The first-order valence-corrected chi connectivity index (χ1v) is 7.84. The molecule has 1 rings (SSSR count). The van der Waals surface area contributed by atoms with Crippen LogP contribution in [0.15, 0.2) is 24.3 Å². The second-order valence-corrected chi connectivity index (χ2v) is 5.52. The van der Waals surface area contributed by atoms with Crippen molar-refractivity contribution in [2.24, 2.45) is 5.92 Å². The summed E-state index contributed by atoms with van der Waals surface area (Å²) in [6.45, 7) is 4.04. The lowest BCUT2D eigenvalue weighted by Crippen LogP contribution is -2.41. The van der Waals surface area contributed by atoms with Crippen LogP contribution >= 0.6 is 11.6 Å². The van der Waals surface area contributed by atoms with Gasteiger partial charge in [0.1, 0.15) is 0 Å². The predicted octanol–water partition coefficient (Wildman–Crippen LogP) is 1.98. The summed E-state index contributed by atoms with van der Waals surface area (Å²) in [5.74, 6) is -0.579. The highest BCUT2D eigenvalue weighted by atomic mass is 35.5. The van der Waals surface area contributed by atoms with Crippen LogP contribution in [0.25, 0.3) is 0 Å². The van der Waals surface area contributed by atoms with Gasteiger partial charge >= 0.3 is 0 Å². The molecule has 1 unspecified atom stereocenters. The topological polar surface area (TPSA) is 78.4 Å². The Hall–Kier alpha value is -1.59. The fourth-order valence-corrected chi connectivity index (χ4v) is 2.40. The van der Waals surface area contributed by atoms with Gasteiger partial charge in [-0.05, 0) is 18.1 Å². The van der Waals surface area contributed by atoms with Gasteiger partial charge in [-0.2, -0.15) is 0 Å². The van der Waals surface area contributed by atoms with E-state index < -0.39 is 12.0 Å². The number of nitrogens with one attached hydrogen (secondary N) is 2. The number of hydrogen-bond acceptors (Lipinski definition) is 3. The van der Waals surface area contributed by atoms with E-state index in [9.17, 15) is 14.7 Å². The molecule has 0 aliphatic rings. The van der Waals surface area contributed by atoms with Crippen molar-refractivity contribution < 1.29 is 14.7 Å². The van der Waals surface area contributed by atoms with E-state index in [-0.39, 0.29) is 24.9 Å². The van der Waals surface area contributed by atoms with Gasteiger partial charge < -0.3 is 15.7 Å². The number of carbonyl (C=O) groups excluding carboxylic acids is 2. The molecule has 0 saturated carbocycles. The van der Waals surface area contributed by atoms with E-state index >= 15 is 0 Å². The Morgan fingerprint density at radius 1 is 1.18 bits per heavy atom. The second-order valence-electron chi connectivity index (χ2n) is 5.11. The van der Waals surface area contributed by atoms with Crippen LogP contribution in [-0.4, -0.2) is 36.1 Å². The number of amides is 2. The zero-order valence-corrected chi connectivity index (χ0v) is 13.7. The summed E-state index contributed by atoms with van der Waals surface area (Å²) < 4.78 is 0. The molecule has 0 radical (unpaired) electrons. The molecule has 5 nitrogen and oxygen atoms in total. The number of benzene rings is 1. The molecule has 0 bridgehead atoms. The first-order valence-electron chi connectivity index (χ1n) is 7.47. The van der Waals surface area contributed by atoms with Gasteiger partial charge in [-0.25, -0.2) is 0 Å². The van der Waals surface area contributed by atoms with Crippen LogP contribution in [0.5, 0.6) is 0 Å². The maximum absolute atomic E-state index is 11.9. The highest BCUT2D eigenvalue weighted by Crippen LogP contribution is 2.14. The van der Waals surface area contributed by atoms with Gasteiger partial charge in [0.25, 0.3) is 5.91 Å². The third kappa shape index (κ3) is 5.66. The first-order chi connectivity index (χ1) is 10.5. The number of halogens is 1. The predicted molar refractivity (Wildman–Crippen MR) is 86.9 cm³/mol. The standard InChI is InChI=1S/C16H23ClN2O3/c1-3-11(4-2)14(20)9-18-15(21)10-19-16(22)12-7-5-6-8-13(12)17/h5-8,11,14,20H,3-4,9-10H2,1-2H3,(H,18,21)(H,19,22). The average Bonchev–Trinajstić information content (AvgIpc) is 2.52. The second kappa shape index (κ2) is 9.43. The zero-order chi connectivity index (χ0) is 16.5. The maximum atomic E-state index is 11.9. The summed E-state index contributed by atoms with van der Waals surface area (Å²) in [5.41, 5.74) is 0.328. The zero-order valence-electron chi connectivity index (χ0n) is 12.9. The van der Waals surface area contributed by atoms with Crippen molar-refractivity contribution in [1.29, 1.82) is 0 Å². The number of hydrogen-bond donors (Lipinski definition) is 3. The van der Waals surface area contributed by atoms with Crippen LogP contribution in [0.4, 0.5) is 0 Å². The Morgan fingerprint density at radius 2 is 1.82 bits per heavy atom. The molecule has 122 valence electrons. The Labute approximate surface area is 136 Å². The Bertz CT molecular complexity index is 504. The molecule has 6 heteroatoms. The van der Waals surface area contributed by atoms with Crippen molar-refractivity contribution in [3.8, 4) is 0 Å². The summed E-state index contributed by atoms with van der Waals surface area (Å²) in [5, 5.41) is 15.4. The highest BCUT2D eigenvalue weighted by Gasteiger charge is 2.16. The van der Waals surface area contributed by atoms with Gasteiger partial charge in [-0.3, -0.25) is 9.59 Å². The Morgan fingerprint density at radius 3 is 2.41 bits per heavy atom. The molecule has 0 spiro atoms. The van der Waals surface area contributed by atoms with Gasteiger partial charge in [0, 0.05) is 6.54 Å². The van der Waals surface area contributed by atoms with E-state index in [2.05, 4.69) is 10.6 Å². The number of carbonyl (C=O) groups is 2. The number of aliphatic hydroxyl groups excluding tert-OH is 1. The third-order valence-corrected chi connectivity index (χ3v) is 3.96. The van der Waals surface area contributed by atoms with Gasteiger partial charge in [-0.15, -0.1) is 0 Å². The van der Waals surface area contributed by atoms with Crippen LogP contribution in [-0.2, 0) is 4.79 Å². The van der Waals surface area contributed by atoms with E-state index in [1.54, 1.807) is 24.3 Å². The van der Waals surface area contributed by atoms with Crippen LogP contribution in [0, 0.1) is 5.92 Å². The largest absolute Gasteiger partial charge is 0.391 e. The summed E-state index contributed by atoms with van der Waals surface area (Å²) in [6.07, 6.45) is 1.14. The minimum atomic E-state index is -0.571. The molecule has 0 aliphatic heterocycles. The van der Waals surface area contributed by atoms with Crippen LogP contribution in [0.3, 0.4) is 0 Å². The third-order valence-electron chi connectivity index (χ3n) is 3.63. The van der Waals surface area contributed by atoms with Crippen LogP contribution in [0.1, 0.15) is 37.0 Å². The number of rotatable bonds is 8. The SMILES string of the molecule is CCC(CC)C(O)CNC(=O)CNC(=O)c1ccccc1Cl. The lowest BCUT2D eigenvalue weighted by molar-refractivity contribution is -0.120. The average molecular weight is 327 g/mol. The molecule has 0 fully saturated rings. The molecule has 1 aromatic rings. The Kier molecular flexibility index (Phi) is 7.91. The first kappa shape index (κ1) is 18.5. The van der Waals surface area contributed by atoms with Crippen molar-refractivity contribution in [1.82, 2.24) is 10.6 Å². The number of aliphatic hydroxyl groups is 1. The molecular weight excluding hydrogens is 304 g/mol. The van der Waals surface area contributed by atoms with Crippen molar-refractivity contribution in [3.05, 3.63) is 34.9 Å². The van der Waals surface area contributed by atoms with E-state index in [0.717, 1.165) is 12.8 Å². The smallest absolute Gasteiger partial charge is 0.253 e. The molecule has 0 heterocycles. The lowest BCUT2D eigenvalue weighted by Gasteiger charge is -2.20. The molecule has 0 saturated heterocycles. The molecular formula is C16H23ClN2O3. The van der Waals surface area contributed by atoms with Crippen molar-refractivity contribution in [3.63, 3.8) is 0 Å². The van der Waals surface area contributed by atoms with E-state index in [1.165, 1.54) is 0 Å². The lowest BCUT2D eigenvalue weighted by atomic mass is 9.96. The maximum Gasteiger partial charge on any atom is 0.253 e. The molecule has 1 aromatic carbocycles. The van der Waals surface area contributed by atoms with Gasteiger partial charge in [0.15, 0.2) is 0 Å².